The molecule has 17 heavy (non-hydrogen) atoms. The molecule has 0 spiro atoms. The Morgan fingerprint density at radius 2 is 1.88 bits per heavy atom. The highest BCUT2D eigenvalue weighted by atomic mass is 15.2. The summed E-state index contributed by atoms with van der Waals surface area (Å²) in [5.74, 6) is 1.52. The van der Waals surface area contributed by atoms with Crippen molar-refractivity contribution in [2.75, 3.05) is 13.1 Å². The number of rotatable bonds is 4. The number of likely N-dealkylation sites (tertiary alicyclic amines) is 1. The van der Waals surface area contributed by atoms with Crippen molar-refractivity contribution < 1.29 is 0 Å². The van der Waals surface area contributed by atoms with Gasteiger partial charge in [-0.2, -0.15) is 0 Å². The van der Waals surface area contributed by atoms with Crippen molar-refractivity contribution in [3.8, 4) is 0 Å². The van der Waals surface area contributed by atoms with Crippen LogP contribution in [-0.4, -0.2) is 24.0 Å². The van der Waals surface area contributed by atoms with Gasteiger partial charge in [0.25, 0.3) is 0 Å². The standard InChI is InChI=1S/C16H25N/c1-12(2)16-7-5-6-14(9-16)8-15-10-17(11-15)13(3)4/h5-7,9,12-13,15H,8,10-11H2,1-4H3. The molecular formula is C16H25N. The second kappa shape index (κ2) is 5.22. The smallest absolute Gasteiger partial charge is 0.00388 e. The summed E-state index contributed by atoms with van der Waals surface area (Å²) < 4.78 is 0. The molecule has 1 nitrogen and oxygen atoms in total. The van der Waals surface area contributed by atoms with Gasteiger partial charge in [-0.3, -0.25) is 0 Å². The van der Waals surface area contributed by atoms with Crippen LogP contribution in [0.1, 0.15) is 44.7 Å². The van der Waals surface area contributed by atoms with Gasteiger partial charge in [0.15, 0.2) is 0 Å². The van der Waals surface area contributed by atoms with E-state index < -0.39 is 0 Å². The van der Waals surface area contributed by atoms with E-state index in [-0.39, 0.29) is 0 Å². The van der Waals surface area contributed by atoms with Gasteiger partial charge < -0.3 is 4.90 Å². The molecule has 1 aliphatic heterocycles. The minimum absolute atomic E-state index is 0.642. The second-order valence-corrected chi connectivity index (χ2v) is 6.02. The van der Waals surface area contributed by atoms with E-state index in [1.165, 1.54) is 30.6 Å². The summed E-state index contributed by atoms with van der Waals surface area (Å²) in [6.07, 6.45) is 1.25. The summed E-state index contributed by atoms with van der Waals surface area (Å²) in [7, 11) is 0. The molecule has 1 heteroatoms. The van der Waals surface area contributed by atoms with E-state index in [2.05, 4.69) is 56.9 Å². The Morgan fingerprint density at radius 3 is 2.47 bits per heavy atom. The fourth-order valence-electron chi connectivity index (χ4n) is 2.57. The molecule has 1 aromatic carbocycles. The number of nitrogens with zero attached hydrogens (tertiary/aromatic N) is 1. The molecule has 2 rings (SSSR count). The van der Waals surface area contributed by atoms with Crippen molar-refractivity contribution in [1.82, 2.24) is 4.90 Å². The van der Waals surface area contributed by atoms with E-state index in [4.69, 9.17) is 0 Å². The van der Waals surface area contributed by atoms with E-state index in [0.717, 1.165) is 5.92 Å². The third-order valence-corrected chi connectivity index (χ3v) is 3.86. The van der Waals surface area contributed by atoms with E-state index in [0.29, 0.717) is 12.0 Å². The minimum atomic E-state index is 0.642. The predicted octanol–water partition coefficient (Wildman–Crippen LogP) is 3.69. The molecule has 94 valence electrons. The maximum atomic E-state index is 2.55. The van der Waals surface area contributed by atoms with Crippen LogP contribution in [0.5, 0.6) is 0 Å². The molecule has 1 aromatic rings. The molecule has 1 aliphatic rings. The Balaban J connectivity index is 1.90. The van der Waals surface area contributed by atoms with Crippen molar-refractivity contribution in [3.63, 3.8) is 0 Å². The lowest BCUT2D eigenvalue weighted by Gasteiger charge is -2.42. The van der Waals surface area contributed by atoms with Gasteiger partial charge in [0.1, 0.15) is 0 Å². The van der Waals surface area contributed by atoms with Gasteiger partial charge in [-0.15, -0.1) is 0 Å². The fraction of sp³-hybridized carbons (Fsp3) is 0.625. The summed E-state index contributed by atoms with van der Waals surface area (Å²) >= 11 is 0. The van der Waals surface area contributed by atoms with E-state index in [9.17, 15) is 0 Å². The molecule has 0 N–H and O–H groups in total. The Hall–Kier alpha value is -0.820. The maximum Gasteiger partial charge on any atom is 0.00388 e. The van der Waals surface area contributed by atoms with Crippen molar-refractivity contribution in [1.29, 1.82) is 0 Å². The van der Waals surface area contributed by atoms with Crippen LogP contribution in [-0.2, 0) is 6.42 Å². The molecule has 0 saturated carbocycles. The van der Waals surface area contributed by atoms with Gasteiger partial charge in [0.05, 0.1) is 0 Å². The largest absolute Gasteiger partial charge is 0.300 e. The molecule has 0 aliphatic carbocycles. The monoisotopic (exact) mass is 231 g/mol. The molecule has 0 bridgehead atoms. The van der Waals surface area contributed by atoms with Crippen LogP contribution in [0.15, 0.2) is 24.3 Å². The first-order chi connectivity index (χ1) is 8.06. The lowest BCUT2D eigenvalue weighted by molar-refractivity contribution is 0.0681. The van der Waals surface area contributed by atoms with Crippen molar-refractivity contribution >= 4 is 0 Å². The van der Waals surface area contributed by atoms with Crippen LogP contribution in [0, 0.1) is 5.92 Å². The van der Waals surface area contributed by atoms with Crippen molar-refractivity contribution in [2.24, 2.45) is 5.92 Å². The summed E-state index contributed by atoms with van der Waals surface area (Å²) in [6, 6.07) is 9.85. The highest BCUT2D eigenvalue weighted by Gasteiger charge is 2.28. The molecule has 1 heterocycles. The van der Waals surface area contributed by atoms with Crippen LogP contribution < -0.4 is 0 Å². The summed E-state index contributed by atoms with van der Waals surface area (Å²) in [4.78, 5) is 2.55. The summed E-state index contributed by atoms with van der Waals surface area (Å²) in [5.41, 5.74) is 2.99. The molecule has 0 amide bonds. The molecule has 1 saturated heterocycles. The minimum Gasteiger partial charge on any atom is -0.300 e. The summed E-state index contributed by atoms with van der Waals surface area (Å²) in [5, 5.41) is 0. The second-order valence-electron chi connectivity index (χ2n) is 6.02. The molecular weight excluding hydrogens is 206 g/mol. The zero-order valence-corrected chi connectivity index (χ0v) is 11.6. The first-order valence-electron chi connectivity index (χ1n) is 6.89. The molecule has 0 unspecified atom stereocenters. The number of hydrogen-bond acceptors (Lipinski definition) is 1. The Morgan fingerprint density at radius 1 is 1.18 bits per heavy atom. The molecule has 0 aromatic heterocycles. The van der Waals surface area contributed by atoms with Gasteiger partial charge in [-0.05, 0) is 43.2 Å². The van der Waals surface area contributed by atoms with Crippen LogP contribution >= 0.6 is 0 Å². The highest BCUT2D eigenvalue weighted by Crippen LogP contribution is 2.24. The van der Waals surface area contributed by atoms with E-state index in [1.54, 1.807) is 0 Å². The quantitative estimate of drug-likeness (QED) is 0.764. The van der Waals surface area contributed by atoms with Gasteiger partial charge in [-0.25, -0.2) is 0 Å². The molecule has 0 radical (unpaired) electrons. The Labute approximate surface area is 106 Å². The zero-order chi connectivity index (χ0) is 12.4. The lowest BCUT2D eigenvalue weighted by Crippen LogP contribution is -2.50. The SMILES string of the molecule is CC(C)c1cccc(CC2CN(C(C)C)C2)c1. The first-order valence-corrected chi connectivity index (χ1v) is 6.89. The van der Waals surface area contributed by atoms with Gasteiger partial charge >= 0.3 is 0 Å². The van der Waals surface area contributed by atoms with Gasteiger partial charge in [0.2, 0.25) is 0 Å². The number of benzene rings is 1. The van der Waals surface area contributed by atoms with Gasteiger partial charge in [-0.1, -0.05) is 38.1 Å². The molecule has 1 fully saturated rings. The average Bonchev–Trinajstić information content (AvgIpc) is 2.22. The van der Waals surface area contributed by atoms with Crippen LogP contribution in [0.25, 0.3) is 0 Å². The highest BCUT2D eigenvalue weighted by molar-refractivity contribution is 5.26. The third-order valence-electron chi connectivity index (χ3n) is 3.86. The normalized spacial score (nSPS) is 17.8. The lowest BCUT2D eigenvalue weighted by atomic mass is 9.89. The molecule has 0 atom stereocenters. The average molecular weight is 231 g/mol. The van der Waals surface area contributed by atoms with Crippen LogP contribution in [0.4, 0.5) is 0 Å². The van der Waals surface area contributed by atoms with Crippen LogP contribution in [0.2, 0.25) is 0 Å². The topological polar surface area (TPSA) is 3.24 Å². The van der Waals surface area contributed by atoms with Crippen LogP contribution in [0.3, 0.4) is 0 Å². The van der Waals surface area contributed by atoms with Gasteiger partial charge in [0, 0.05) is 19.1 Å². The Bertz CT molecular complexity index is 362. The van der Waals surface area contributed by atoms with Crippen molar-refractivity contribution in [2.45, 2.75) is 46.1 Å². The maximum absolute atomic E-state index is 2.55. The predicted molar refractivity (Wildman–Crippen MR) is 74.4 cm³/mol. The summed E-state index contributed by atoms with van der Waals surface area (Å²) in [6.45, 7) is 11.7. The van der Waals surface area contributed by atoms with E-state index >= 15 is 0 Å². The third kappa shape index (κ3) is 3.10. The fourth-order valence-corrected chi connectivity index (χ4v) is 2.57. The Kier molecular flexibility index (Phi) is 3.88. The first kappa shape index (κ1) is 12.6. The number of hydrogen-bond donors (Lipinski definition) is 0. The van der Waals surface area contributed by atoms with E-state index in [1.807, 2.05) is 0 Å². The zero-order valence-electron chi connectivity index (χ0n) is 11.6. The van der Waals surface area contributed by atoms with Crippen molar-refractivity contribution in [3.05, 3.63) is 35.4 Å².